The molecular weight excluding hydrogens is 217 g/mol. The van der Waals surface area contributed by atoms with Crippen molar-refractivity contribution in [3.63, 3.8) is 0 Å². The summed E-state index contributed by atoms with van der Waals surface area (Å²) in [7, 11) is 0. The van der Waals surface area contributed by atoms with E-state index in [9.17, 15) is 9.18 Å². The first-order valence-corrected chi connectivity index (χ1v) is 4.67. The summed E-state index contributed by atoms with van der Waals surface area (Å²) in [6.07, 6.45) is 0. The van der Waals surface area contributed by atoms with Gasteiger partial charge in [-0.15, -0.1) is 0 Å². The average Bonchev–Trinajstić information content (AvgIpc) is 2.21. The summed E-state index contributed by atoms with van der Waals surface area (Å²) in [6, 6.07) is 5.56. The van der Waals surface area contributed by atoms with E-state index in [-0.39, 0.29) is 16.4 Å². The van der Waals surface area contributed by atoms with E-state index in [2.05, 4.69) is 0 Å². The molecule has 0 heterocycles. The van der Waals surface area contributed by atoms with E-state index in [0.717, 1.165) is 6.07 Å². The van der Waals surface area contributed by atoms with Crippen molar-refractivity contribution in [2.24, 2.45) is 5.41 Å². The Kier molecular flexibility index (Phi) is 3.11. The molecule has 0 saturated heterocycles. The molecule has 1 aromatic carbocycles. The molecule has 0 aliphatic rings. The monoisotopic (exact) mass is 225 g/mol. The standard InChI is InChI=1S/C11H9ClFNO/c1-11(2,6-14)10(15)7-3-4-9(13)8(12)5-7/h3-5H,1-2H3. The maximum atomic E-state index is 12.8. The van der Waals surface area contributed by atoms with Crippen LogP contribution in [0.4, 0.5) is 4.39 Å². The molecule has 0 fully saturated rings. The molecule has 0 unspecified atom stereocenters. The first kappa shape index (κ1) is 11.7. The van der Waals surface area contributed by atoms with Crippen molar-refractivity contribution in [2.75, 3.05) is 0 Å². The average molecular weight is 226 g/mol. The molecule has 1 aromatic rings. The van der Waals surface area contributed by atoms with Crippen LogP contribution in [0, 0.1) is 22.6 Å². The van der Waals surface area contributed by atoms with Crippen molar-refractivity contribution < 1.29 is 9.18 Å². The Morgan fingerprint density at radius 3 is 2.60 bits per heavy atom. The van der Waals surface area contributed by atoms with Gasteiger partial charge in [0.2, 0.25) is 0 Å². The quantitative estimate of drug-likeness (QED) is 0.726. The van der Waals surface area contributed by atoms with E-state index in [1.807, 2.05) is 6.07 Å². The molecule has 4 heteroatoms. The van der Waals surface area contributed by atoms with Crippen LogP contribution in [-0.4, -0.2) is 5.78 Å². The van der Waals surface area contributed by atoms with Crippen LogP contribution < -0.4 is 0 Å². The number of halogens is 2. The summed E-state index contributed by atoms with van der Waals surface area (Å²) in [5.74, 6) is -0.949. The van der Waals surface area contributed by atoms with Gasteiger partial charge in [-0.25, -0.2) is 4.39 Å². The maximum absolute atomic E-state index is 12.8. The highest BCUT2D eigenvalue weighted by Gasteiger charge is 2.28. The van der Waals surface area contributed by atoms with Crippen LogP contribution in [0.2, 0.25) is 5.02 Å². The lowest BCUT2D eigenvalue weighted by Gasteiger charge is -2.13. The van der Waals surface area contributed by atoms with E-state index in [4.69, 9.17) is 16.9 Å². The molecule has 0 aromatic heterocycles. The fourth-order valence-corrected chi connectivity index (χ4v) is 1.23. The number of Topliss-reactive ketones (excluding diaryl/α,β-unsaturated/α-hetero) is 1. The lowest BCUT2D eigenvalue weighted by Crippen LogP contribution is -2.22. The predicted octanol–water partition coefficient (Wildman–Crippen LogP) is 3.21. The summed E-state index contributed by atoms with van der Waals surface area (Å²) in [5.41, 5.74) is -0.880. The van der Waals surface area contributed by atoms with Gasteiger partial charge in [0.1, 0.15) is 11.2 Å². The molecule has 0 bridgehead atoms. The van der Waals surface area contributed by atoms with Crippen molar-refractivity contribution >= 4 is 17.4 Å². The number of benzene rings is 1. The van der Waals surface area contributed by atoms with Gasteiger partial charge in [-0.05, 0) is 32.0 Å². The minimum atomic E-state index is -1.12. The van der Waals surface area contributed by atoms with Crippen molar-refractivity contribution in [3.8, 4) is 6.07 Å². The zero-order valence-electron chi connectivity index (χ0n) is 8.34. The van der Waals surface area contributed by atoms with Crippen molar-refractivity contribution in [2.45, 2.75) is 13.8 Å². The first-order valence-electron chi connectivity index (χ1n) is 4.29. The molecule has 0 aliphatic carbocycles. The van der Waals surface area contributed by atoms with Crippen LogP contribution in [0.3, 0.4) is 0 Å². The summed E-state index contributed by atoms with van der Waals surface area (Å²) < 4.78 is 12.8. The van der Waals surface area contributed by atoms with E-state index < -0.39 is 11.2 Å². The fourth-order valence-electron chi connectivity index (χ4n) is 1.05. The van der Waals surface area contributed by atoms with Gasteiger partial charge in [-0.3, -0.25) is 4.79 Å². The topological polar surface area (TPSA) is 40.9 Å². The van der Waals surface area contributed by atoms with Crippen LogP contribution >= 0.6 is 11.6 Å². The van der Waals surface area contributed by atoms with Gasteiger partial charge in [-0.1, -0.05) is 11.6 Å². The summed E-state index contributed by atoms with van der Waals surface area (Å²) >= 11 is 5.54. The first-order chi connectivity index (χ1) is 6.88. The van der Waals surface area contributed by atoms with Gasteiger partial charge in [-0.2, -0.15) is 5.26 Å². The second kappa shape index (κ2) is 4.00. The molecule has 0 atom stereocenters. The summed E-state index contributed by atoms with van der Waals surface area (Å²) in [5, 5.41) is 8.66. The molecule has 2 nitrogen and oxygen atoms in total. The van der Waals surface area contributed by atoms with E-state index in [0.29, 0.717) is 0 Å². The predicted molar refractivity (Wildman–Crippen MR) is 55.1 cm³/mol. The summed E-state index contributed by atoms with van der Waals surface area (Å²) in [6.45, 7) is 3.01. The Bertz CT molecular complexity index is 448. The van der Waals surface area contributed by atoms with Gasteiger partial charge in [0.05, 0.1) is 11.1 Å². The Balaban J connectivity index is 3.15. The highest BCUT2D eigenvalue weighted by molar-refractivity contribution is 6.31. The van der Waals surface area contributed by atoms with Crippen LogP contribution in [-0.2, 0) is 0 Å². The van der Waals surface area contributed by atoms with E-state index >= 15 is 0 Å². The normalized spacial score (nSPS) is 10.9. The van der Waals surface area contributed by atoms with Crippen LogP contribution in [0.25, 0.3) is 0 Å². The minimum absolute atomic E-state index is 0.116. The SMILES string of the molecule is CC(C)(C#N)C(=O)c1ccc(F)c(Cl)c1. The Labute approximate surface area is 92.3 Å². The molecule has 78 valence electrons. The fraction of sp³-hybridized carbons (Fsp3) is 0.273. The van der Waals surface area contributed by atoms with Gasteiger partial charge in [0.25, 0.3) is 0 Å². The number of nitrogens with zero attached hydrogens (tertiary/aromatic N) is 1. The smallest absolute Gasteiger partial charge is 0.182 e. The molecule has 0 N–H and O–H groups in total. The highest BCUT2D eigenvalue weighted by atomic mass is 35.5. The van der Waals surface area contributed by atoms with E-state index in [1.165, 1.54) is 26.0 Å². The third-order valence-corrected chi connectivity index (χ3v) is 2.32. The molecular formula is C11H9ClFNO. The second-order valence-electron chi connectivity index (χ2n) is 3.69. The lowest BCUT2D eigenvalue weighted by atomic mass is 9.86. The van der Waals surface area contributed by atoms with E-state index in [1.54, 1.807) is 0 Å². The molecule has 0 amide bonds. The lowest BCUT2D eigenvalue weighted by molar-refractivity contribution is 0.0892. The Morgan fingerprint density at radius 2 is 2.13 bits per heavy atom. The number of rotatable bonds is 2. The molecule has 0 spiro atoms. The molecule has 1 rings (SSSR count). The number of hydrogen-bond donors (Lipinski definition) is 0. The van der Waals surface area contributed by atoms with Crippen molar-refractivity contribution in [1.29, 1.82) is 5.26 Å². The number of nitriles is 1. The van der Waals surface area contributed by atoms with Gasteiger partial charge in [0, 0.05) is 5.56 Å². The third-order valence-electron chi connectivity index (χ3n) is 2.03. The largest absolute Gasteiger partial charge is 0.292 e. The molecule has 0 aliphatic heterocycles. The molecule has 0 radical (unpaired) electrons. The zero-order chi connectivity index (χ0) is 11.6. The van der Waals surface area contributed by atoms with Crippen LogP contribution in [0.5, 0.6) is 0 Å². The van der Waals surface area contributed by atoms with Gasteiger partial charge >= 0.3 is 0 Å². The van der Waals surface area contributed by atoms with Gasteiger partial charge in [0.15, 0.2) is 5.78 Å². The Morgan fingerprint density at radius 1 is 1.53 bits per heavy atom. The Hall–Kier alpha value is -1.40. The maximum Gasteiger partial charge on any atom is 0.182 e. The number of hydrogen-bond acceptors (Lipinski definition) is 2. The molecule has 0 saturated carbocycles. The zero-order valence-corrected chi connectivity index (χ0v) is 9.10. The minimum Gasteiger partial charge on any atom is -0.292 e. The van der Waals surface area contributed by atoms with Crippen molar-refractivity contribution in [1.82, 2.24) is 0 Å². The van der Waals surface area contributed by atoms with Crippen LogP contribution in [0.1, 0.15) is 24.2 Å². The van der Waals surface area contributed by atoms with Gasteiger partial charge < -0.3 is 0 Å². The number of ketones is 1. The third kappa shape index (κ3) is 2.34. The van der Waals surface area contributed by atoms with Crippen LogP contribution in [0.15, 0.2) is 18.2 Å². The molecule has 15 heavy (non-hydrogen) atoms. The number of carbonyl (C=O) groups is 1. The highest BCUT2D eigenvalue weighted by Crippen LogP contribution is 2.24. The second-order valence-corrected chi connectivity index (χ2v) is 4.10. The number of carbonyl (C=O) groups excluding carboxylic acids is 1. The summed E-state index contributed by atoms with van der Waals surface area (Å²) in [4.78, 5) is 11.8. The van der Waals surface area contributed by atoms with Crippen molar-refractivity contribution in [3.05, 3.63) is 34.6 Å².